The molecule has 0 aliphatic carbocycles. The lowest BCUT2D eigenvalue weighted by molar-refractivity contribution is 0.674. The minimum Gasteiger partial charge on any atom is -0.455 e. The van der Waals surface area contributed by atoms with Gasteiger partial charge in [-0.05, 0) is 104 Å². The van der Waals surface area contributed by atoms with Crippen LogP contribution in [-0.2, 0) is 0 Å². The lowest BCUT2D eigenvalue weighted by Crippen LogP contribution is -2.09. The molecule has 60 heavy (non-hydrogen) atoms. The number of furan rings is 1. The van der Waals surface area contributed by atoms with Crippen molar-refractivity contribution in [2.75, 3.05) is 4.90 Å². The first-order valence-electron chi connectivity index (χ1n) is 20.5. The fourth-order valence-electron chi connectivity index (χ4n) is 8.75. The van der Waals surface area contributed by atoms with Crippen LogP contribution in [0.5, 0.6) is 0 Å². The quantitative estimate of drug-likeness (QED) is 0.153. The topological polar surface area (TPSA) is 16.4 Å². The van der Waals surface area contributed by atoms with Crippen molar-refractivity contribution in [2.24, 2.45) is 0 Å². The number of hydrogen-bond acceptors (Lipinski definition) is 2. The molecule has 0 unspecified atom stereocenters. The molecule has 0 atom stereocenters. The Kier molecular flexibility index (Phi) is 8.87. The number of fused-ring (bicyclic) bond motifs is 5. The zero-order valence-corrected chi connectivity index (χ0v) is 32.9. The van der Waals surface area contributed by atoms with Crippen LogP contribution in [0.15, 0.2) is 241 Å². The van der Waals surface area contributed by atoms with Crippen molar-refractivity contribution in [1.29, 1.82) is 0 Å². The van der Waals surface area contributed by atoms with Crippen molar-refractivity contribution in [1.82, 2.24) is 0 Å². The van der Waals surface area contributed by atoms with Crippen LogP contribution in [-0.4, -0.2) is 0 Å². The van der Waals surface area contributed by atoms with E-state index in [0.717, 1.165) is 77.6 Å². The number of rotatable bonds is 8. The second kappa shape index (κ2) is 15.1. The zero-order valence-electron chi connectivity index (χ0n) is 32.9. The average molecular weight is 766 g/mol. The molecule has 11 rings (SSSR count). The van der Waals surface area contributed by atoms with Crippen molar-refractivity contribution >= 4 is 49.8 Å². The maximum atomic E-state index is 7.02. The van der Waals surface area contributed by atoms with E-state index in [1.807, 2.05) is 0 Å². The summed E-state index contributed by atoms with van der Waals surface area (Å²) >= 11 is 0. The van der Waals surface area contributed by atoms with Crippen LogP contribution < -0.4 is 4.90 Å². The Balaban J connectivity index is 1.06. The number of hydrogen-bond donors (Lipinski definition) is 0. The Morgan fingerprint density at radius 2 is 0.617 bits per heavy atom. The Morgan fingerprint density at radius 1 is 0.250 bits per heavy atom. The van der Waals surface area contributed by atoms with E-state index in [-0.39, 0.29) is 0 Å². The predicted octanol–water partition coefficient (Wildman–Crippen LogP) is 16.5. The molecule has 2 heteroatoms. The van der Waals surface area contributed by atoms with Crippen molar-refractivity contribution in [3.8, 4) is 55.6 Å². The van der Waals surface area contributed by atoms with Gasteiger partial charge in [-0.2, -0.15) is 0 Å². The highest BCUT2D eigenvalue weighted by Gasteiger charge is 2.21. The third-order valence-electron chi connectivity index (χ3n) is 11.7. The SMILES string of the molecule is c1ccc(-c2ccc(N(c3ccc(-c4ccccc4)cc3)c3ccc(-c4cc5c(oc6c(-c7ccccc7)ccc(-c7ccccc7)c65)c5ccccc45)cc3)cc2)cc1. The Bertz CT molecular complexity index is 3160. The van der Waals surface area contributed by atoms with Crippen molar-refractivity contribution in [2.45, 2.75) is 0 Å². The van der Waals surface area contributed by atoms with E-state index in [2.05, 4.69) is 241 Å². The van der Waals surface area contributed by atoms with Gasteiger partial charge in [-0.25, -0.2) is 0 Å². The van der Waals surface area contributed by atoms with Crippen molar-refractivity contribution in [3.05, 3.63) is 237 Å². The van der Waals surface area contributed by atoms with Crippen LogP contribution in [0.25, 0.3) is 88.3 Å². The molecule has 282 valence electrons. The van der Waals surface area contributed by atoms with Crippen LogP contribution in [0.4, 0.5) is 17.1 Å². The van der Waals surface area contributed by atoms with Gasteiger partial charge in [0.1, 0.15) is 11.2 Å². The molecule has 0 saturated heterocycles. The van der Waals surface area contributed by atoms with Crippen LogP contribution in [0, 0.1) is 0 Å². The van der Waals surface area contributed by atoms with E-state index in [1.54, 1.807) is 0 Å². The summed E-state index contributed by atoms with van der Waals surface area (Å²) in [5, 5.41) is 4.49. The average Bonchev–Trinajstić information content (AvgIpc) is 3.73. The largest absolute Gasteiger partial charge is 0.455 e. The molecular formula is C58H39NO. The van der Waals surface area contributed by atoms with Gasteiger partial charge in [-0.3, -0.25) is 0 Å². The molecule has 1 heterocycles. The second-order valence-corrected chi connectivity index (χ2v) is 15.3. The summed E-state index contributed by atoms with van der Waals surface area (Å²) in [6, 6.07) is 84.6. The minimum absolute atomic E-state index is 0.905. The first kappa shape index (κ1) is 35.2. The molecule has 0 radical (unpaired) electrons. The number of benzene rings is 10. The minimum atomic E-state index is 0.905. The zero-order chi connectivity index (χ0) is 39.8. The molecule has 2 nitrogen and oxygen atoms in total. The second-order valence-electron chi connectivity index (χ2n) is 15.3. The number of anilines is 3. The maximum absolute atomic E-state index is 7.02. The molecule has 0 fully saturated rings. The molecular weight excluding hydrogens is 727 g/mol. The third-order valence-corrected chi connectivity index (χ3v) is 11.7. The molecule has 1 aromatic heterocycles. The van der Waals surface area contributed by atoms with Gasteiger partial charge < -0.3 is 9.32 Å². The maximum Gasteiger partial charge on any atom is 0.143 e. The van der Waals surface area contributed by atoms with Crippen LogP contribution >= 0.6 is 0 Å². The summed E-state index contributed by atoms with van der Waals surface area (Å²) in [4.78, 5) is 2.34. The van der Waals surface area contributed by atoms with Gasteiger partial charge in [0.2, 0.25) is 0 Å². The van der Waals surface area contributed by atoms with E-state index >= 15 is 0 Å². The van der Waals surface area contributed by atoms with Crippen LogP contribution in [0.1, 0.15) is 0 Å². The molecule has 0 spiro atoms. The highest BCUT2D eigenvalue weighted by atomic mass is 16.3. The van der Waals surface area contributed by atoms with Gasteiger partial charge in [0.25, 0.3) is 0 Å². The fourth-order valence-corrected chi connectivity index (χ4v) is 8.75. The summed E-state index contributed by atoms with van der Waals surface area (Å²) in [6.07, 6.45) is 0. The van der Waals surface area contributed by atoms with Gasteiger partial charge in [0.15, 0.2) is 0 Å². The van der Waals surface area contributed by atoms with Gasteiger partial charge in [-0.15, -0.1) is 0 Å². The van der Waals surface area contributed by atoms with Gasteiger partial charge >= 0.3 is 0 Å². The lowest BCUT2D eigenvalue weighted by atomic mass is 9.91. The highest BCUT2D eigenvalue weighted by molar-refractivity contribution is 6.24. The molecule has 0 N–H and O–H groups in total. The summed E-state index contributed by atoms with van der Waals surface area (Å²) in [5.74, 6) is 0. The van der Waals surface area contributed by atoms with Crippen molar-refractivity contribution in [3.63, 3.8) is 0 Å². The highest BCUT2D eigenvalue weighted by Crippen LogP contribution is 2.46. The summed E-state index contributed by atoms with van der Waals surface area (Å²) in [7, 11) is 0. The molecule has 0 aliphatic rings. The lowest BCUT2D eigenvalue weighted by Gasteiger charge is -2.26. The van der Waals surface area contributed by atoms with E-state index in [4.69, 9.17) is 4.42 Å². The summed E-state index contributed by atoms with van der Waals surface area (Å²) in [6.45, 7) is 0. The Labute approximate surface area is 349 Å². The van der Waals surface area contributed by atoms with E-state index in [0.29, 0.717) is 0 Å². The summed E-state index contributed by atoms with van der Waals surface area (Å²) in [5.41, 5.74) is 16.7. The van der Waals surface area contributed by atoms with Gasteiger partial charge in [0, 0.05) is 38.8 Å². The van der Waals surface area contributed by atoms with Crippen LogP contribution in [0.3, 0.4) is 0 Å². The molecule has 0 bridgehead atoms. The molecule has 10 aromatic carbocycles. The smallest absolute Gasteiger partial charge is 0.143 e. The summed E-state index contributed by atoms with van der Waals surface area (Å²) < 4.78 is 7.02. The molecule has 0 aliphatic heterocycles. The number of nitrogens with zero attached hydrogens (tertiary/aromatic N) is 1. The van der Waals surface area contributed by atoms with E-state index in [1.165, 1.54) is 27.8 Å². The molecule has 0 amide bonds. The monoisotopic (exact) mass is 765 g/mol. The predicted molar refractivity (Wildman–Crippen MR) is 253 cm³/mol. The van der Waals surface area contributed by atoms with E-state index in [9.17, 15) is 0 Å². The normalized spacial score (nSPS) is 11.3. The molecule has 11 aromatic rings. The standard InChI is InChI=1S/C58H39NO/c1-5-15-40(16-6-1)42-25-31-47(32-26-42)59(48-33-27-43(28-34-48)41-17-7-2-8-18-41)49-35-29-46(30-36-49)54-39-55-56-50(44-19-9-3-10-20-44)37-38-51(45-21-11-4-12-22-45)58(56)60-57(55)53-24-14-13-23-52(53)54/h1-39H. The van der Waals surface area contributed by atoms with Gasteiger partial charge in [-0.1, -0.05) is 188 Å². The first-order valence-corrected chi connectivity index (χ1v) is 20.5. The molecule has 0 saturated carbocycles. The fraction of sp³-hybridized carbons (Fsp3) is 0. The Hall–Kier alpha value is -7.94. The van der Waals surface area contributed by atoms with Crippen molar-refractivity contribution < 1.29 is 4.42 Å². The van der Waals surface area contributed by atoms with Gasteiger partial charge in [0.05, 0.1) is 0 Å². The third kappa shape index (κ3) is 6.32. The van der Waals surface area contributed by atoms with E-state index < -0.39 is 0 Å². The van der Waals surface area contributed by atoms with Crippen LogP contribution in [0.2, 0.25) is 0 Å². The Morgan fingerprint density at radius 3 is 1.12 bits per heavy atom. The first-order chi connectivity index (χ1) is 29.8.